The van der Waals surface area contributed by atoms with Gasteiger partial charge in [0.15, 0.2) is 11.3 Å². The molecule has 1 spiro atoms. The molecule has 1 saturated heterocycles. The van der Waals surface area contributed by atoms with E-state index >= 15 is 0 Å². The van der Waals surface area contributed by atoms with Crippen molar-refractivity contribution >= 4 is 5.57 Å². The summed E-state index contributed by atoms with van der Waals surface area (Å²) in [5.41, 5.74) is 5.71. The molecule has 6 heteroatoms. The van der Waals surface area contributed by atoms with E-state index in [2.05, 4.69) is 102 Å². The molecule has 40 heavy (non-hydrogen) atoms. The first-order chi connectivity index (χ1) is 19.8. The molecule has 0 unspecified atom stereocenters. The highest BCUT2D eigenvalue weighted by Crippen LogP contribution is 2.42. The van der Waals surface area contributed by atoms with Crippen LogP contribution in [0, 0.1) is 0 Å². The van der Waals surface area contributed by atoms with Crippen LogP contribution in [0.3, 0.4) is 0 Å². The molecule has 6 nitrogen and oxygen atoms in total. The van der Waals surface area contributed by atoms with Gasteiger partial charge in [0.05, 0.1) is 13.2 Å². The van der Waals surface area contributed by atoms with E-state index in [-0.39, 0.29) is 0 Å². The molecule has 7 rings (SSSR count). The van der Waals surface area contributed by atoms with Crippen LogP contribution in [-0.2, 0) is 15.0 Å². The predicted octanol–water partition coefficient (Wildman–Crippen LogP) is 6.49. The molecular formula is C34H30N4O2. The van der Waals surface area contributed by atoms with Crippen LogP contribution < -0.4 is 0 Å². The van der Waals surface area contributed by atoms with E-state index < -0.39 is 11.3 Å². The Hall–Kier alpha value is -4.39. The summed E-state index contributed by atoms with van der Waals surface area (Å²) in [6.45, 7) is 1.33. The van der Waals surface area contributed by atoms with Crippen molar-refractivity contribution in [2.24, 2.45) is 0 Å². The fraction of sp³-hybridized carbons (Fsp3) is 0.206. The van der Waals surface area contributed by atoms with Crippen LogP contribution >= 0.6 is 0 Å². The zero-order valence-electron chi connectivity index (χ0n) is 22.2. The Morgan fingerprint density at radius 3 is 1.70 bits per heavy atom. The Morgan fingerprint density at radius 2 is 1.18 bits per heavy atom. The Bertz CT molecular complexity index is 1530. The molecule has 1 aliphatic heterocycles. The van der Waals surface area contributed by atoms with Crippen molar-refractivity contribution in [2.45, 2.75) is 30.6 Å². The average Bonchev–Trinajstić information content (AvgIpc) is 3.71. The van der Waals surface area contributed by atoms with Gasteiger partial charge in [-0.25, -0.2) is 0 Å². The summed E-state index contributed by atoms with van der Waals surface area (Å²) < 4.78 is 11.9. The third kappa shape index (κ3) is 4.17. The van der Waals surface area contributed by atoms with E-state index in [9.17, 15) is 0 Å². The van der Waals surface area contributed by atoms with Gasteiger partial charge in [-0.2, -0.15) is 0 Å². The molecule has 1 aromatic heterocycles. The number of allylic oxidation sites excluding steroid dienone is 1. The van der Waals surface area contributed by atoms with E-state index in [0.717, 1.165) is 47.1 Å². The molecule has 2 heterocycles. The first kappa shape index (κ1) is 24.6. The van der Waals surface area contributed by atoms with E-state index in [1.165, 1.54) is 5.57 Å². The second-order valence-electron chi connectivity index (χ2n) is 10.3. The van der Waals surface area contributed by atoms with Crippen molar-refractivity contribution in [3.05, 3.63) is 144 Å². The second-order valence-corrected chi connectivity index (χ2v) is 10.3. The van der Waals surface area contributed by atoms with Crippen molar-refractivity contribution in [1.82, 2.24) is 20.2 Å². The molecule has 2 aliphatic rings. The lowest BCUT2D eigenvalue weighted by Gasteiger charge is -2.34. The smallest absolute Gasteiger partial charge is 0.205 e. The van der Waals surface area contributed by atoms with Crippen molar-refractivity contribution < 1.29 is 9.47 Å². The second kappa shape index (κ2) is 10.3. The first-order valence-corrected chi connectivity index (χ1v) is 13.8. The topological polar surface area (TPSA) is 62.1 Å². The van der Waals surface area contributed by atoms with Crippen LogP contribution in [0.2, 0.25) is 0 Å². The van der Waals surface area contributed by atoms with E-state index in [1.54, 1.807) is 4.80 Å². The van der Waals surface area contributed by atoms with E-state index in [4.69, 9.17) is 19.8 Å². The highest BCUT2D eigenvalue weighted by molar-refractivity contribution is 5.79. The minimum absolute atomic E-state index is 0.458. The van der Waals surface area contributed by atoms with Gasteiger partial charge in [0.25, 0.3) is 0 Å². The SMILES string of the molecule is C1=C(c2ccccc2-c2nnn(C(c3ccccc3)(c3ccccc3)c3ccccc3)n2)CCC2(C1)OCCO2. The molecule has 0 saturated carbocycles. The number of benzene rings is 4. The summed E-state index contributed by atoms with van der Waals surface area (Å²) in [6.07, 6.45) is 4.70. The Kier molecular flexibility index (Phi) is 6.34. The summed E-state index contributed by atoms with van der Waals surface area (Å²) in [4.78, 5) is 1.78. The van der Waals surface area contributed by atoms with Crippen molar-refractivity contribution in [1.29, 1.82) is 0 Å². The molecular weight excluding hydrogens is 496 g/mol. The van der Waals surface area contributed by atoms with Crippen molar-refractivity contribution in [3.8, 4) is 11.4 Å². The maximum absolute atomic E-state index is 5.94. The zero-order valence-corrected chi connectivity index (χ0v) is 22.2. The first-order valence-electron chi connectivity index (χ1n) is 13.8. The molecule has 0 radical (unpaired) electrons. The van der Waals surface area contributed by atoms with Crippen LogP contribution in [0.15, 0.2) is 121 Å². The van der Waals surface area contributed by atoms with Crippen molar-refractivity contribution in [2.75, 3.05) is 13.2 Å². The molecule has 0 atom stereocenters. The fourth-order valence-corrected chi connectivity index (χ4v) is 6.12. The summed E-state index contributed by atoms with van der Waals surface area (Å²) in [6, 6.07) is 39.6. The minimum Gasteiger partial charge on any atom is -0.347 e. The average molecular weight is 527 g/mol. The predicted molar refractivity (Wildman–Crippen MR) is 154 cm³/mol. The molecule has 5 aromatic rings. The van der Waals surface area contributed by atoms with Crippen LogP contribution in [0.1, 0.15) is 41.5 Å². The standard InChI is InChI=1S/C34H30N4O2/c1-4-12-27(13-5-1)34(28-14-6-2-7-15-28,29-16-8-3-9-17-29)38-36-32(35-37-38)31-19-11-10-18-30(31)26-20-22-33(23-21-26)39-24-25-40-33/h1-20H,21-25H2. The van der Waals surface area contributed by atoms with Crippen LogP contribution in [0.5, 0.6) is 0 Å². The van der Waals surface area contributed by atoms with Crippen LogP contribution in [0.25, 0.3) is 17.0 Å². The maximum Gasteiger partial charge on any atom is 0.205 e. The Balaban J connectivity index is 1.37. The van der Waals surface area contributed by atoms with Gasteiger partial charge in [-0.15, -0.1) is 15.0 Å². The highest BCUT2D eigenvalue weighted by atomic mass is 16.7. The molecule has 0 N–H and O–H groups in total. The van der Waals surface area contributed by atoms with Gasteiger partial charge in [-0.05, 0) is 39.5 Å². The van der Waals surface area contributed by atoms with Gasteiger partial charge in [0, 0.05) is 18.4 Å². The summed E-state index contributed by atoms with van der Waals surface area (Å²) >= 11 is 0. The van der Waals surface area contributed by atoms with Gasteiger partial charge < -0.3 is 9.47 Å². The monoisotopic (exact) mass is 526 g/mol. The number of aromatic nitrogens is 4. The number of hydrogen-bond acceptors (Lipinski definition) is 5. The number of hydrogen-bond donors (Lipinski definition) is 0. The zero-order chi connectivity index (χ0) is 26.8. The largest absolute Gasteiger partial charge is 0.347 e. The highest BCUT2D eigenvalue weighted by Gasteiger charge is 2.42. The summed E-state index contributed by atoms with van der Waals surface area (Å²) in [5.74, 6) is 0.137. The van der Waals surface area contributed by atoms with Gasteiger partial charge in [-0.1, -0.05) is 121 Å². The lowest BCUT2D eigenvalue weighted by molar-refractivity contribution is -0.159. The number of tetrazole rings is 1. The summed E-state index contributed by atoms with van der Waals surface area (Å²) in [7, 11) is 0. The van der Waals surface area contributed by atoms with Gasteiger partial charge in [0.2, 0.25) is 5.82 Å². The van der Waals surface area contributed by atoms with E-state index in [1.807, 2.05) is 24.3 Å². The lowest BCUT2D eigenvalue weighted by Crippen LogP contribution is -2.39. The molecule has 198 valence electrons. The number of ether oxygens (including phenoxy) is 2. The fourth-order valence-electron chi connectivity index (χ4n) is 6.12. The van der Waals surface area contributed by atoms with Gasteiger partial charge in [-0.3, -0.25) is 0 Å². The number of nitrogens with zero attached hydrogens (tertiary/aromatic N) is 4. The third-order valence-electron chi connectivity index (χ3n) is 8.05. The lowest BCUT2D eigenvalue weighted by atomic mass is 9.77. The van der Waals surface area contributed by atoms with Gasteiger partial charge >= 0.3 is 0 Å². The molecule has 1 aliphatic carbocycles. The quantitative estimate of drug-likeness (QED) is 0.237. The van der Waals surface area contributed by atoms with Gasteiger partial charge in [0.1, 0.15) is 0 Å². The summed E-state index contributed by atoms with van der Waals surface area (Å²) in [5, 5.41) is 14.5. The Morgan fingerprint density at radius 1 is 0.650 bits per heavy atom. The molecule has 1 fully saturated rings. The van der Waals surface area contributed by atoms with E-state index in [0.29, 0.717) is 19.0 Å². The maximum atomic E-state index is 5.94. The van der Waals surface area contributed by atoms with Crippen molar-refractivity contribution in [3.63, 3.8) is 0 Å². The number of rotatable bonds is 6. The molecule has 0 bridgehead atoms. The Labute approximate surface area is 233 Å². The van der Waals surface area contributed by atoms with Crippen LogP contribution in [-0.4, -0.2) is 39.2 Å². The molecule has 0 amide bonds. The third-order valence-corrected chi connectivity index (χ3v) is 8.05. The normalized spacial score (nSPS) is 16.6. The molecule has 4 aromatic carbocycles. The van der Waals surface area contributed by atoms with Crippen LogP contribution in [0.4, 0.5) is 0 Å². The minimum atomic E-state index is -0.808.